The lowest BCUT2D eigenvalue weighted by molar-refractivity contribution is -0.130. The van der Waals surface area contributed by atoms with Crippen molar-refractivity contribution in [2.45, 2.75) is 32.1 Å². The van der Waals surface area contributed by atoms with E-state index in [2.05, 4.69) is 17.0 Å². The number of rotatable bonds is 5. The number of carbonyl (C=O) groups is 1. The lowest BCUT2D eigenvalue weighted by atomic mass is 9.81. The van der Waals surface area contributed by atoms with Crippen LogP contribution in [0.15, 0.2) is 16.7 Å². The largest absolute Gasteiger partial charge is 0.384 e. The van der Waals surface area contributed by atoms with Gasteiger partial charge in [-0.25, -0.2) is 0 Å². The zero-order chi connectivity index (χ0) is 12.9. The molecule has 0 heterocycles. The summed E-state index contributed by atoms with van der Waals surface area (Å²) in [5, 5.41) is 6.57. The van der Waals surface area contributed by atoms with Crippen LogP contribution < -0.4 is 16.9 Å². The first kappa shape index (κ1) is 13.8. The number of carbonyl (C=O) groups excluding carboxylic acids is 1. The lowest BCUT2D eigenvalue weighted by Gasteiger charge is -2.27. The fraction of sp³-hybridized carbons (Fsp3) is 0.636. The third-order valence-corrected chi connectivity index (χ3v) is 3.30. The van der Waals surface area contributed by atoms with Gasteiger partial charge in [0.15, 0.2) is 0 Å². The zero-order valence-electron chi connectivity index (χ0n) is 9.84. The number of amides is 1. The minimum Gasteiger partial charge on any atom is -0.384 e. The molecule has 1 amide bonds. The zero-order valence-corrected chi connectivity index (χ0v) is 10.6. The summed E-state index contributed by atoms with van der Waals surface area (Å²) in [4.78, 5) is 12.2. The Labute approximate surface area is 106 Å². The Morgan fingerprint density at radius 2 is 2.06 bits per heavy atom. The van der Waals surface area contributed by atoms with Crippen molar-refractivity contribution < 1.29 is 4.79 Å². The number of nitrogens with two attached hydrogens (primary N) is 2. The predicted octanol–water partition coefficient (Wildman–Crippen LogP) is 1.04. The van der Waals surface area contributed by atoms with Crippen molar-refractivity contribution >= 4 is 23.3 Å². The van der Waals surface area contributed by atoms with Gasteiger partial charge in [-0.1, -0.05) is 31.0 Å². The van der Waals surface area contributed by atoms with Gasteiger partial charge in [-0.2, -0.15) is 5.10 Å². The van der Waals surface area contributed by atoms with Crippen LogP contribution in [0, 0.1) is 5.41 Å². The van der Waals surface area contributed by atoms with Crippen LogP contribution in [0.2, 0.25) is 0 Å². The van der Waals surface area contributed by atoms with Gasteiger partial charge < -0.3 is 16.9 Å². The summed E-state index contributed by atoms with van der Waals surface area (Å²) in [6.07, 6.45) is 4.27. The average molecular weight is 259 g/mol. The molecule has 0 unspecified atom stereocenters. The lowest BCUT2D eigenvalue weighted by Crippen LogP contribution is -2.43. The van der Waals surface area contributed by atoms with E-state index in [1.807, 2.05) is 0 Å². The molecule has 1 aliphatic carbocycles. The molecule has 1 aliphatic rings. The maximum atomic E-state index is 12.2. The summed E-state index contributed by atoms with van der Waals surface area (Å²) in [6.45, 7) is 3.85. The topological polar surface area (TPSA) is 93.5 Å². The molecule has 0 atom stereocenters. The SMILES string of the molecule is C=C(Cl)CC1(C(=O)NC/C(N)=N/N)CCCC1. The smallest absolute Gasteiger partial charge is 0.226 e. The Bertz CT molecular complexity index is 334. The van der Waals surface area contributed by atoms with Gasteiger partial charge in [-0.3, -0.25) is 4.79 Å². The van der Waals surface area contributed by atoms with Crippen LogP contribution in [-0.4, -0.2) is 18.3 Å². The number of halogens is 1. The highest BCUT2D eigenvalue weighted by Gasteiger charge is 2.41. The van der Waals surface area contributed by atoms with Crippen molar-refractivity contribution in [3.8, 4) is 0 Å². The molecule has 1 fully saturated rings. The van der Waals surface area contributed by atoms with Crippen molar-refractivity contribution in [3.63, 3.8) is 0 Å². The molecule has 5 N–H and O–H groups in total. The van der Waals surface area contributed by atoms with Crippen LogP contribution in [0.4, 0.5) is 0 Å². The fourth-order valence-electron chi connectivity index (χ4n) is 2.31. The molecule has 17 heavy (non-hydrogen) atoms. The van der Waals surface area contributed by atoms with Crippen LogP contribution in [0.1, 0.15) is 32.1 Å². The van der Waals surface area contributed by atoms with Gasteiger partial charge in [0, 0.05) is 5.03 Å². The predicted molar refractivity (Wildman–Crippen MR) is 69.3 cm³/mol. The van der Waals surface area contributed by atoms with Gasteiger partial charge in [-0.05, 0) is 19.3 Å². The third kappa shape index (κ3) is 3.63. The molecule has 1 saturated carbocycles. The molecule has 6 heteroatoms. The standard InChI is InChI=1S/C11H19ClN4O/c1-8(12)6-11(4-2-3-5-11)10(17)15-7-9(13)16-14/h1-7,14H2,(H2,13,16)(H,15,17). The second-order valence-corrected chi connectivity index (χ2v) is 5.02. The molecule has 0 aromatic heterocycles. The highest BCUT2D eigenvalue weighted by atomic mass is 35.5. The van der Waals surface area contributed by atoms with Gasteiger partial charge in [0.25, 0.3) is 0 Å². The molecule has 0 spiro atoms. The van der Waals surface area contributed by atoms with E-state index >= 15 is 0 Å². The van der Waals surface area contributed by atoms with E-state index in [9.17, 15) is 4.79 Å². The van der Waals surface area contributed by atoms with Crippen molar-refractivity contribution in [1.82, 2.24) is 5.32 Å². The van der Waals surface area contributed by atoms with Gasteiger partial charge in [0.1, 0.15) is 5.84 Å². The quantitative estimate of drug-likeness (QED) is 0.298. The van der Waals surface area contributed by atoms with E-state index in [-0.39, 0.29) is 18.3 Å². The monoisotopic (exact) mass is 258 g/mol. The Morgan fingerprint density at radius 1 is 1.47 bits per heavy atom. The molecule has 0 aromatic carbocycles. The summed E-state index contributed by atoms with van der Waals surface area (Å²) >= 11 is 5.84. The maximum absolute atomic E-state index is 12.2. The third-order valence-electron chi connectivity index (χ3n) is 3.17. The number of nitrogens with one attached hydrogen (secondary N) is 1. The fourth-order valence-corrected chi connectivity index (χ4v) is 2.56. The van der Waals surface area contributed by atoms with Crippen molar-refractivity contribution in [2.75, 3.05) is 6.54 Å². The first-order valence-electron chi connectivity index (χ1n) is 5.64. The van der Waals surface area contributed by atoms with E-state index in [0.29, 0.717) is 11.5 Å². The summed E-state index contributed by atoms with van der Waals surface area (Å²) in [6, 6.07) is 0. The average Bonchev–Trinajstić information content (AvgIpc) is 2.74. The Balaban J connectivity index is 2.64. The number of hydrazone groups is 1. The Hall–Kier alpha value is -1.23. The molecular formula is C11H19ClN4O. The number of amidine groups is 1. The first-order chi connectivity index (χ1) is 8.00. The summed E-state index contributed by atoms with van der Waals surface area (Å²) < 4.78 is 0. The maximum Gasteiger partial charge on any atom is 0.226 e. The van der Waals surface area contributed by atoms with Crippen LogP contribution >= 0.6 is 11.6 Å². The van der Waals surface area contributed by atoms with Crippen molar-refractivity contribution in [3.05, 3.63) is 11.6 Å². The van der Waals surface area contributed by atoms with Crippen LogP contribution in [0.25, 0.3) is 0 Å². The van der Waals surface area contributed by atoms with E-state index in [4.69, 9.17) is 23.2 Å². The van der Waals surface area contributed by atoms with Gasteiger partial charge >= 0.3 is 0 Å². The molecule has 1 rings (SSSR count). The Kier molecular flexibility index (Phi) is 4.81. The van der Waals surface area contributed by atoms with Crippen LogP contribution in [-0.2, 0) is 4.79 Å². The number of hydrogen-bond acceptors (Lipinski definition) is 3. The number of allylic oxidation sites excluding steroid dienone is 1. The van der Waals surface area contributed by atoms with Gasteiger partial charge in [-0.15, -0.1) is 0 Å². The molecule has 0 aliphatic heterocycles. The van der Waals surface area contributed by atoms with E-state index < -0.39 is 5.41 Å². The molecule has 96 valence electrons. The molecule has 0 bridgehead atoms. The van der Waals surface area contributed by atoms with Crippen molar-refractivity contribution in [1.29, 1.82) is 0 Å². The molecule has 5 nitrogen and oxygen atoms in total. The van der Waals surface area contributed by atoms with Crippen molar-refractivity contribution in [2.24, 2.45) is 22.1 Å². The normalized spacial score (nSPS) is 19.0. The minimum atomic E-state index is -0.423. The molecular weight excluding hydrogens is 240 g/mol. The van der Waals surface area contributed by atoms with Crippen LogP contribution in [0.5, 0.6) is 0 Å². The minimum absolute atomic E-state index is 0.0385. The highest BCUT2D eigenvalue weighted by Crippen LogP contribution is 2.43. The van der Waals surface area contributed by atoms with E-state index in [1.54, 1.807) is 0 Å². The summed E-state index contributed by atoms with van der Waals surface area (Å²) in [5.41, 5.74) is 5.01. The highest BCUT2D eigenvalue weighted by molar-refractivity contribution is 6.29. The van der Waals surface area contributed by atoms with E-state index in [0.717, 1.165) is 25.7 Å². The van der Waals surface area contributed by atoms with E-state index in [1.165, 1.54) is 0 Å². The second kappa shape index (κ2) is 5.91. The number of hydrogen-bond donors (Lipinski definition) is 3. The first-order valence-corrected chi connectivity index (χ1v) is 6.02. The molecule has 0 saturated heterocycles. The second-order valence-electron chi connectivity index (χ2n) is 4.48. The summed E-state index contributed by atoms with van der Waals surface area (Å²) in [7, 11) is 0. The molecule has 0 radical (unpaired) electrons. The van der Waals surface area contributed by atoms with Gasteiger partial charge in [0.2, 0.25) is 5.91 Å². The summed E-state index contributed by atoms with van der Waals surface area (Å²) in [5.74, 6) is 5.17. The molecule has 0 aromatic rings. The Morgan fingerprint density at radius 3 is 2.53 bits per heavy atom. The number of nitrogens with zero attached hydrogens (tertiary/aromatic N) is 1. The van der Waals surface area contributed by atoms with Crippen LogP contribution in [0.3, 0.4) is 0 Å². The van der Waals surface area contributed by atoms with Gasteiger partial charge in [0.05, 0.1) is 12.0 Å².